The minimum atomic E-state index is 0.644. The Kier molecular flexibility index (Phi) is 4.90. The second-order valence-electron chi connectivity index (χ2n) is 6.68. The van der Waals surface area contributed by atoms with Crippen LogP contribution >= 0.6 is 23.2 Å². The van der Waals surface area contributed by atoms with Crippen LogP contribution in [0.5, 0.6) is 0 Å². The van der Waals surface area contributed by atoms with Crippen LogP contribution in [0, 0.1) is 5.92 Å². The fourth-order valence-electron chi connectivity index (χ4n) is 3.17. The van der Waals surface area contributed by atoms with Gasteiger partial charge in [-0.3, -0.25) is 0 Å². The highest BCUT2D eigenvalue weighted by Crippen LogP contribution is 2.30. The first-order chi connectivity index (χ1) is 10.9. The maximum Gasteiger partial charge on any atom is 0.0531 e. The fraction of sp³-hybridized carbons (Fsp3) is 0.444. The molecule has 1 saturated heterocycles. The second-order valence-corrected chi connectivity index (χ2v) is 7.53. The van der Waals surface area contributed by atoms with E-state index in [9.17, 15) is 0 Å². The molecule has 2 heterocycles. The lowest BCUT2D eigenvalue weighted by Crippen LogP contribution is -2.33. The molecule has 0 aliphatic carbocycles. The SMILES string of the molecule is CC1=C2CN(CC(C)C)NC2=CCN1Cc1cc(Cl)ccc1Cl. The molecule has 124 valence electrons. The van der Waals surface area contributed by atoms with E-state index >= 15 is 0 Å². The van der Waals surface area contributed by atoms with Crippen molar-refractivity contribution in [3.63, 3.8) is 0 Å². The number of fused-ring (bicyclic) bond motifs is 1. The average Bonchev–Trinajstić information content (AvgIpc) is 2.88. The Morgan fingerprint density at radius 3 is 2.78 bits per heavy atom. The number of halogens is 2. The number of hydrogen-bond acceptors (Lipinski definition) is 3. The predicted octanol–water partition coefficient (Wildman–Crippen LogP) is 4.44. The number of nitrogens with one attached hydrogen (secondary N) is 1. The minimum Gasteiger partial charge on any atom is -0.367 e. The summed E-state index contributed by atoms with van der Waals surface area (Å²) in [5.74, 6) is 0.644. The first-order valence-corrected chi connectivity index (χ1v) is 8.80. The van der Waals surface area contributed by atoms with Crippen molar-refractivity contribution in [1.82, 2.24) is 15.3 Å². The van der Waals surface area contributed by atoms with E-state index in [1.807, 2.05) is 18.2 Å². The summed E-state index contributed by atoms with van der Waals surface area (Å²) in [5.41, 5.74) is 8.55. The summed E-state index contributed by atoms with van der Waals surface area (Å²) in [6, 6.07) is 5.66. The Bertz CT molecular complexity index is 664. The van der Waals surface area contributed by atoms with Gasteiger partial charge in [-0.05, 0) is 42.7 Å². The predicted molar refractivity (Wildman–Crippen MR) is 97.2 cm³/mol. The molecule has 2 aliphatic rings. The summed E-state index contributed by atoms with van der Waals surface area (Å²) in [6.45, 7) is 10.4. The average molecular weight is 352 g/mol. The van der Waals surface area contributed by atoms with Gasteiger partial charge in [0.15, 0.2) is 0 Å². The Morgan fingerprint density at radius 1 is 1.26 bits per heavy atom. The highest BCUT2D eigenvalue weighted by atomic mass is 35.5. The minimum absolute atomic E-state index is 0.644. The summed E-state index contributed by atoms with van der Waals surface area (Å²) in [7, 11) is 0. The van der Waals surface area contributed by atoms with Gasteiger partial charge in [-0.15, -0.1) is 0 Å². The number of nitrogens with zero attached hydrogens (tertiary/aromatic N) is 2. The van der Waals surface area contributed by atoms with Gasteiger partial charge in [-0.1, -0.05) is 37.0 Å². The standard InChI is InChI=1S/C18H23Cl2N3/c1-12(2)9-23-11-16-13(3)22(7-6-18(16)21-23)10-14-8-15(19)4-5-17(14)20/h4-6,8,12,21H,7,9-11H2,1-3H3. The molecule has 0 radical (unpaired) electrons. The van der Waals surface area contributed by atoms with Gasteiger partial charge in [0.1, 0.15) is 0 Å². The molecule has 5 heteroatoms. The Hall–Kier alpha value is -1.16. The molecule has 0 aromatic heterocycles. The first-order valence-electron chi connectivity index (χ1n) is 8.05. The maximum atomic E-state index is 6.32. The molecule has 0 saturated carbocycles. The summed E-state index contributed by atoms with van der Waals surface area (Å²) < 4.78 is 0. The van der Waals surface area contributed by atoms with Crippen molar-refractivity contribution in [2.24, 2.45) is 5.92 Å². The van der Waals surface area contributed by atoms with Crippen molar-refractivity contribution in [3.05, 3.63) is 56.9 Å². The van der Waals surface area contributed by atoms with E-state index < -0.39 is 0 Å². The number of allylic oxidation sites excluding steroid dienone is 1. The zero-order valence-corrected chi connectivity index (χ0v) is 15.4. The van der Waals surface area contributed by atoms with Crippen molar-refractivity contribution < 1.29 is 0 Å². The van der Waals surface area contributed by atoms with Gasteiger partial charge < -0.3 is 10.3 Å². The van der Waals surface area contributed by atoms with Crippen LogP contribution in [0.4, 0.5) is 0 Å². The molecule has 0 amide bonds. The number of hydrazine groups is 1. The molecule has 3 rings (SSSR count). The van der Waals surface area contributed by atoms with E-state index in [2.05, 4.69) is 42.2 Å². The topological polar surface area (TPSA) is 18.5 Å². The van der Waals surface area contributed by atoms with Crippen LogP contribution in [0.3, 0.4) is 0 Å². The lowest BCUT2D eigenvalue weighted by atomic mass is 10.1. The third kappa shape index (κ3) is 3.68. The lowest BCUT2D eigenvalue weighted by Gasteiger charge is -2.29. The molecule has 1 N–H and O–H groups in total. The van der Waals surface area contributed by atoms with Crippen molar-refractivity contribution in [3.8, 4) is 0 Å². The van der Waals surface area contributed by atoms with Gasteiger partial charge in [0.05, 0.1) is 5.70 Å². The van der Waals surface area contributed by atoms with Crippen LogP contribution in [0.1, 0.15) is 26.3 Å². The summed E-state index contributed by atoms with van der Waals surface area (Å²) >= 11 is 12.4. The summed E-state index contributed by atoms with van der Waals surface area (Å²) in [5, 5.41) is 3.80. The molecular weight excluding hydrogens is 329 g/mol. The van der Waals surface area contributed by atoms with Gasteiger partial charge >= 0.3 is 0 Å². The van der Waals surface area contributed by atoms with Gasteiger partial charge in [0.25, 0.3) is 0 Å². The number of hydrogen-bond donors (Lipinski definition) is 1. The molecular formula is C18H23Cl2N3. The normalized spacial score (nSPS) is 18.3. The van der Waals surface area contributed by atoms with Crippen LogP contribution in [-0.4, -0.2) is 29.5 Å². The van der Waals surface area contributed by atoms with Crippen molar-refractivity contribution in [2.75, 3.05) is 19.6 Å². The molecule has 0 bridgehead atoms. The van der Waals surface area contributed by atoms with Crippen LogP contribution < -0.4 is 5.43 Å². The third-order valence-electron chi connectivity index (χ3n) is 4.33. The summed E-state index contributed by atoms with van der Waals surface area (Å²) in [4.78, 5) is 2.36. The zero-order valence-electron chi connectivity index (χ0n) is 13.9. The highest BCUT2D eigenvalue weighted by Gasteiger charge is 2.28. The van der Waals surface area contributed by atoms with Gasteiger partial charge in [-0.2, -0.15) is 0 Å². The largest absolute Gasteiger partial charge is 0.367 e. The molecule has 1 aromatic carbocycles. The van der Waals surface area contributed by atoms with E-state index in [-0.39, 0.29) is 0 Å². The van der Waals surface area contributed by atoms with Crippen molar-refractivity contribution >= 4 is 23.2 Å². The first kappa shape index (κ1) is 16.7. The van der Waals surface area contributed by atoms with Crippen LogP contribution in [0.2, 0.25) is 10.0 Å². The third-order valence-corrected chi connectivity index (χ3v) is 4.94. The van der Waals surface area contributed by atoms with Crippen molar-refractivity contribution in [2.45, 2.75) is 27.3 Å². The smallest absolute Gasteiger partial charge is 0.0531 e. The molecule has 0 unspecified atom stereocenters. The zero-order chi connectivity index (χ0) is 16.6. The van der Waals surface area contributed by atoms with E-state index in [1.54, 1.807) is 0 Å². The Morgan fingerprint density at radius 2 is 2.04 bits per heavy atom. The molecule has 3 nitrogen and oxygen atoms in total. The maximum absolute atomic E-state index is 6.32. The second kappa shape index (κ2) is 6.76. The number of benzene rings is 1. The van der Waals surface area contributed by atoms with Gasteiger partial charge in [0.2, 0.25) is 0 Å². The van der Waals surface area contributed by atoms with Crippen LogP contribution in [0.25, 0.3) is 0 Å². The molecule has 0 atom stereocenters. The van der Waals surface area contributed by atoms with Crippen LogP contribution in [0.15, 0.2) is 41.2 Å². The van der Waals surface area contributed by atoms with E-state index in [0.29, 0.717) is 5.92 Å². The Labute approximate surface area is 148 Å². The van der Waals surface area contributed by atoms with Crippen molar-refractivity contribution in [1.29, 1.82) is 0 Å². The molecule has 1 fully saturated rings. The summed E-state index contributed by atoms with van der Waals surface area (Å²) in [6.07, 6.45) is 2.26. The fourth-order valence-corrected chi connectivity index (χ4v) is 3.54. The Balaban J connectivity index is 1.77. The molecule has 2 aliphatic heterocycles. The highest BCUT2D eigenvalue weighted by molar-refractivity contribution is 6.33. The van der Waals surface area contributed by atoms with Gasteiger partial charge in [-0.25, -0.2) is 5.01 Å². The number of rotatable bonds is 4. The molecule has 0 spiro atoms. The van der Waals surface area contributed by atoms with E-state index in [4.69, 9.17) is 23.2 Å². The van der Waals surface area contributed by atoms with Gasteiger partial charge in [0, 0.05) is 47.5 Å². The monoisotopic (exact) mass is 351 g/mol. The molecule has 1 aromatic rings. The van der Waals surface area contributed by atoms with E-state index in [1.165, 1.54) is 17.0 Å². The lowest BCUT2D eigenvalue weighted by molar-refractivity contribution is 0.237. The molecule has 23 heavy (non-hydrogen) atoms. The van der Waals surface area contributed by atoms with Crippen LogP contribution in [-0.2, 0) is 6.54 Å². The van der Waals surface area contributed by atoms with E-state index in [0.717, 1.165) is 41.8 Å². The quantitative estimate of drug-likeness (QED) is 0.864.